The monoisotopic (exact) mass is 392 g/mol. The highest BCUT2D eigenvalue weighted by molar-refractivity contribution is 6.32. The molecule has 4 aromatic rings. The second-order valence-corrected chi connectivity index (χ2v) is 9.94. The molecule has 2 aromatic heterocycles. The number of nitrogens with one attached hydrogen (secondary N) is 1. The Kier molecular flexibility index (Phi) is 4.58. The zero-order valence-electron chi connectivity index (χ0n) is 17.4. The molecule has 0 saturated heterocycles. The molecule has 0 aliphatic heterocycles. The van der Waals surface area contributed by atoms with E-state index in [1.165, 1.54) is 22.0 Å². The smallest absolute Gasteiger partial charge is 0.0483 e. The highest BCUT2D eigenvalue weighted by Crippen LogP contribution is 2.36. The fourth-order valence-corrected chi connectivity index (χ4v) is 4.63. The first kappa shape index (κ1) is 19.1. The first-order valence-corrected chi connectivity index (χ1v) is 10.4. The molecule has 0 unspecified atom stereocenters. The summed E-state index contributed by atoms with van der Waals surface area (Å²) in [7, 11) is 0. The second-order valence-electron chi connectivity index (χ2n) is 9.53. The summed E-state index contributed by atoms with van der Waals surface area (Å²) in [6.07, 6.45) is 5.21. The van der Waals surface area contributed by atoms with Gasteiger partial charge in [-0.2, -0.15) is 0 Å². The Hall–Kier alpha value is -2.19. The number of benzene rings is 2. The van der Waals surface area contributed by atoms with Crippen molar-refractivity contribution in [2.45, 2.75) is 58.4 Å². The normalized spacial score (nSPS) is 12.9. The van der Waals surface area contributed by atoms with E-state index in [-0.39, 0.29) is 10.8 Å². The number of rotatable bonds is 4. The Bertz CT molecular complexity index is 1140. The first-order valence-electron chi connectivity index (χ1n) is 10.0. The van der Waals surface area contributed by atoms with E-state index < -0.39 is 0 Å². The van der Waals surface area contributed by atoms with Crippen LogP contribution in [0.2, 0.25) is 5.02 Å². The predicted molar refractivity (Wildman–Crippen MR) is 122 cm³/mol. The van der Waals surface area contributed by atoms with Crippen molar-refractivity contribution in [2.24, 2.45) is 0 Å². The third-order valence-electron chi connectivity index (χ3n) is 5.97. The lowest BCUT2D eigenvalue weighted by Crippen LogP contribution is -2.20. The van der Waals surface area contributed by atoms with Gasteiger partial charge in [0.1, 0.15) is 0 Å². The standard InChI is InChI=1S/C25H29ClN2/c1-24(2,3)19-7-6-8-23-18(19)10-13-28(23)14-11-25(4,5)20-16-22-17(9-12-27-22)15-21(20)26/h6-10,12-13,15-16,27H,11,14H2,1-5H3. The van der Waals surface area contributed by atoms with Crippen molar-refractivity contribution in [1.82, 2.24) is 9.55 Å². The number of hydrogen-bond acceptors (Lipinski definition) is 0. The van der Waals surface area contributed by atoms with E-state index in [1.807, 2.05) is 6.20 Å². The zero-order valence-corrected chi connectivity index (χ0v) is 18.2. The van der Waals surface area contributed by atoms with Gasteiger partial charge in [-0.1, -0.05) is 58.4 Å². The van der Waals surface area contributed by atoms with Crippen molar-refractivity contribution in [1.29, 1.82) is 0 Å². The number of aryl methyl sites for hydroxylation is 1. The maximum atomic E-state index is 6.65. The number of halogens is 1. The van der Waals surface area contributed by atoms with E-state index in [4.69, 9.17) is 11.6 Å². The molecule has 2 aromatic carbocycles. The summed E-state index contributed by atoms with van der Waals surface area (Å²) >= 11 is 6.65. The van der Waals surface area contributed by atoms with Crippen LogP contribution in [-0.4, -0.2) is 9.55 Å². The SMILES string of the molecule is CC(C)(C)c1cccc2c1ccn2CCC(C)(C)c1cc2[nH]ccc2cc1Cl. The highest BCUT2D eigenvalue weighted by Gasteiger charge is 2.25. The van der Waals surface area contributed by atoms with Crippen LogP contribution in [0.1, 0.15) is 52.2 Å². The van der Waals surface area contributed by atoms with Gasteiger partial charge in [0, 0.05) is 45.8 Å². The van der Waals surface area contributed by atoms with E-state index in [1.54, 1.807) is 0 Å². The van der Waals surface area contributed by atoms with Crippen LogP contribution in [-0.2, 0) is 17.4 Å². The molecule has 0 spiro atoms. The van der Waals surface area contributed by atoms with Gasteiger partial charge in [0.2, 0.25) is 0 Å². The first-order chi connectivity index (χ1) is 13.2. The minimum Gasteiger partial charge on any atom is -0.361 e. The molecule has 3 heteroatoms. The Balaban J connectivity index is 1.64. The molecule has 0 atom stereocenters. The minimum atomic E-state index is -0.0192. The largest absolute Gasteiger partial charge is 0.361 e. The molecular weight excluding hydrogens is 364 g/mol. The number of H-pyrrole nitrogens is 1. The van der Waals surface area contributed by atoms with Gasteiger partial charge in [-0.15, -0.1) is 0 Å². The average molecular weight is 393 g/mol. The molecule has 1 N–H and O–H groups in total. The minimum absolute atomic E-state index is 0.0192. The average Bonchev–Trinajstić information content (AvgIpc) is 3.24. The van der Waals surface area contributed by atoms with E-state index in [0.717, 1.165) is 28.9 Å². The number of fused-ring (bicyclic) bond motifs is 2. The molecule has 0 amide bonds. The lowest BCUT2D eigenvalue weighted by atomic mass is 9.81. The number of nitrogens with zero attached hydrogens (tertiary/aromatic N) is 1. The molecule has 4 rings (SSSR count). The van der Waals surface area contributed by atoms with Crippen LogP contribution < -0.4 is 0 Å². The molecule has 0 radical (unpaired) electrons. The molecular formula is C25H29ClN2. The summed E-state index contributed by atoms with van der Waals surface area (Å²) in [4.78, 5) is 3.31. The molecule has 28 heavy (non-hydrogen) atoms. The Morgan fingerprint density at radius 3 is 2.50 bits per heavy atom. The predicted octanol–water partition coefficient (Wildman–Crippen LogP) is 7.44. The van der Waals surface area contributed by atoms with Crippen molar-refractivity contribution >= 4 is 33.4 Å². The topological polar surface area (TPSA) is 20.7 Å². The summed E-state index contributed by atoms with van der Waals surface area (Å²) in [6.45, 7) is 12.4. The second kappa shape index (κ2) is 6.70. The van der Waals surface area contributed by atoms with E-state index >= 15 is 0 Å². The molecule has 2 heterocycles. The van der Waals surface area contributed by atoms with Crippen molar-refractivity contribution in [2.75, 3.05) is 0 Å². The number of hydrogen-bond donors (Lipinski definition) is 1. The Labute approximate surface area is 172 Å². The van der Waals surface area contributed by atoms with Crippen molar-refractivity contribution in [3.63, 3.8) is 0 Å². The van der Waals surface area contributed by atoms with Crippen LogP contribution >= 0.6 is 11.6 Å². The van der Waals surface area contributed by atoms with E-state index in [9.17, 15) is 0 Å². The van der Waals surface area contributed by atoms with Gasteiger partial charge in [0.25, 0.3) is 0 Å². The fraction of sp³-hybridized carbons (Fsp3) is 0.360. The molecule has 0 bridgehead atoms. The molecule has 0 saturated carbocycles. The maximum Gasteiger partial charge on any atom is 0.0483 e. The zero-order chi connectivity index (χ0) is 20.1. The number of aromatic amines is 1. The van der Waals surface area contributed by atoms with Crippen molar-refractivity contribution in [3.05, 3.63) is 71.0 Å². The lowest BCUT2D eigenvalue weighted by molar-refractivity contribution is 0.442. The van der Waals surface area contributed by atoms with Crippen molar-refractivity contribution in [3.8, 4) is 0 Å². The Morgan fingerprint density at radius 1 is 0.964 bits per heavy atom. The summed E-state index contributed by atoms with van der Waals surface area (Å²) in [5.74, 6) is 0. The number of aromatic nitrogens is 2. The van der Waals surface area contributed by atoms with Gasteiger partial charge in [-0.3, -0.25) is 0 Å². The lowest BCUT2D eigenvalue weighted by Gasteiger charge is -2.27. The fourth-order valence-electron chi connectivity index (χ4n) is 4.20. The van der Waals surface area contributed by atoms with E-state index in [2.05, 4.69) is 92.8 Å². The highest BCUT2D eigenvalue weighted by atomic mass is 35.5. The molecule has 0 fully saturated rings. The summed E-state index contributed by atoms with van der Waals surface area (Å²) in [6, 6.07) is 15.3. The van der Waals surface area contributed by atoms with Crippen LogP contribution in [0, 0.1) is 0 Å². The summed E-state index contributed by atoms with van der Waals surface area (Å²) in [5.41, 5.74) is 5.19. The molecule has 2 nitrogen and oxygen atoms in total. The van der Waals surface area contributed by atoms with Gasteiger partial charge in [-0.05, 0) is 58.7 Å². The van der Waals surface area contributed by atoms with Gasteiger partial charge in [-0.25, -0.2) is 0 Å². The summed E-state index contributed by atoms with van der Waals surface area (Å²) < 4.78 is 2.38. The molecule has 0 aliphatic rings. The quantitative estimate of drug-likeness (QED) is 0.372. The molecule has 0 aliphatic carbocycles. The van der Waals surface area contributed by atoms with E-state index in [0.29, 0.717) is 0 Å². The Morgan fingerprint density at radius 2 is 1.75 bits per heavy atom. The van der Waals surface area contributed by atoms with Crippen LogP contribution in [0.5, 0.6) is 0 Å². The van der Waals surface area contributed by atoms with Crippen LogP contribution in [0.4, 0.5) is 0 Å². The van der Waals surface area contributed by atoms with Gasteiger partial charge >= 0.3 is 0 Å². The van der Waals surface area contributed by atoms with Crippen LogP contribution in [0.25, 0.3) is 21.8 Å². The molecule has 146 valence electrons. The van der Waals surface area contributed by atoms with Crippen LogP contribution in [0.15, 0.2) is 54.9 Å². The van der Waals surface area contributed by atoms with Gasteiger partial charge < -0.3 is 9.55 Å². The maximum absolute atomic E-state index is 6.65. The van der Waals surface area contributed by atoms with Gasteiger partial charge in [0.15, 0.2) is 0 Å². The third-order valence-corrected chi connectivity index (χ3v) is 6.28. The summed E-state index contributed by atoms with van der Waals surface area (Å²) in [5, 5.41) is 3.37. The third kappa shape index (κ3) is 3.35. The van der Waals surface area contributed by atoms with Crippen LogP contribution in [0.3, 0.4) is 0 Å². The van der Waals surface area contributed by atoms with Gasteiger partial charge in [0.05, 0.1) is 0 Å². The van der Waals surface area contributed by atoms with Crippen molar-refractivity contribution < 1.29 is 0 Å².